The summed E-state index contributed by atoms with van der Waals surface area (Å²) in [5.41, 5.74) is 0. The highest BCUT2D eigenvalue weighted by Crippen LogP contribution is 2.22. The molecule has 0 bridgehead atoms. The first kappa shape index (κ1) is 12.6. The first-order valence-electron chi connectivity index (χ1n) is 5.74. The van der Waals surface area contributed by atoms with Crippen molar-refractivity contribution in [1.29, 1.82) is 0 Å². The number of nitrogens with one attached hydrogen (secondary N) is 1. The lowest BCUT2D eigenvalue weighted by atomic mass is 10.0. The molecular formula is C11H21N3S. The SMILES string of the molecule is CCNC(CCCC(C)C)c1cnns1. The van der Waals surface area contributed by atoms with Crippen LogP contribution in [0.3, 0.4) is 0 Å². The van der Waals surface area contributed by atoms with Gasteiger partial charge in [-0.1, -0.05) is 38.1 Å². The second kappa shape index (κ2) is 6.90. The van der Waals surface area contributed by atoms with Gasteiger partial charge in [-0.15, -0.1) is 5.10 Å². The van der Waals surface area contributed by atoms with Gasteiger partial charge < -0.3 is 5.32 Å². The lowest BCUT2D eigenvalue weighted by Gasteiger charge is -2.15. The summed E-state index contributed by atoms with van der Waals surface area (Å²) >= 11 is 1.51. The number of hydrogen-bond donors (Lipinski definition) is 1. The normalized spacial score (nSPS) is 13.3. The van der Waals surface area contributed by atoms with Gasteiger partial charge in [0.1, 0.15) is 0 Å². The van der Waals surface area contributed by atoms with E-state index < -0.39 is 0 Å². The van der Waals surface area contributed by atoms with Crippen LogP contribution in [0.1, 0.15) is 51.0 Å². The molecule has 1 aromatic rings. The van der Waals surface area contributed by atoms with Crippen molar-refractivity contribution >= 4 is 11.5 Å². The molecule has 1 rings (SSSR count). The molecule has 0 aliphatic rings. The standard InChI is InChI=1S/C11H21N3S/c1-4-12-10(7-5-6-9(2)3)11-8-13-14-15-11/h8-10,12H,4-7H2,1-3H3. The van der Waals surface area contributed by atoms with E-state index in [1.54, 1.807) is 0 Å². The molecule has 1 aromatic heterocycles. The monoisotopic (exact) mass is 227 g/mol. The lowest BCUT2D eigenvalue weighted by molar-refractivity contribution is 0.459. The van der Waals surface area contributed by atoms with E-state index in [4.69, 9.17) is 0 Å². The van der Waals surface area contributed by atoms with Gasteiger partial charge in [0.15, 0.2) is 0 Å². The second-order valence-corrected chi connectivity index (χ2v) is 5.07. The molecule has 0 aliphatic carbocycles. The molecule has 0 spiro atoms. The molecule has 0 fully saturated rings. The van der Waals surface area contributed by atoms with Crippen molar-refractivity contribution in [3.05, 3.63) is 11.1 Å². The summed E-state index contributed by atoms with van der Waals surface area (Å²) < 4.78 is 3.92. The third-order valence-electron chi connectivity index (χ3n) is 2.45. The van der Waals surface area contributed by atoms with Crippen LogP contribution in [0.25, 0.3) is 0 Å². The van der Waals surface area contributed by atoms with Gasteiger partial charge in [0.2, 0.25) is 0 Å². The third kappa shape index (κ3) is 4.71. The van der Waals surface area contributed by atoms with E-state index in [0.717, 1.165) is 12.5 Å². The minimum absolute atomic E-state index is 0.453. The highest BCUT2D eigenvalue weighted by molar-refractivity contribution is 7.05. The molecule has 15 heavy (non-hydrogen) atoms. The largest absolute Gasteiger partial charge is 0.309 e. The molecule has 1 unspecified atom stereocenters. The van der Waals surface area contributed by atoms with Crippen molar-refractivity contribution in [2.75, 3.05) is 6.54 Å². The van der Waals surface area contributed by atoms with Gasteiger partial charge in [-0.05, 0) is 30.4 Å². The minimum atomic E-state index is 0.453. The van der Waals surface area contributed by atoms with E-state index >= 15 is 0 Å². The second-order valence-electron chi connectivity index (χ2n) is 4.25. The molecule has 3 nitrogen and oxygen atoms in total. The molecule has 0 amide bonds. The van der Waals surface area contributed by atoms with E-state index in [0.29, 0.717) is 6.04 Å². The summed E-state index contributed by atoms with van der Waals surface area (Å²) in [5, 5.41) is 7.39. The van der Waals surface area contributed by atoms with Gasteiger partial charge in [-0.25, -0.2) is 0 Å². The summed E-state index contributed by atoms with van der Waals surface area (Å²) in [5.74, 6) is 0.798. The predicted molar refractivity (Wildman–Crippen MR) is 65.0 cm³/mol. The molecular weight excluding hydrogens is 206 g/mol. The smallest absolute Gasteiger partial charge is 0.0669 e. The van der Waals surface area contributed by atoms with E-state index in [-0.39, 0.29) is 0 Å². The fraction of sp³-hybridized carbons (Fsp3) is 0.818. The van der Waals surface area contributed by atoms with Crippen LogP contribution in [-0.4, -0.2) is 16.1 Å². The van der Waals surface area contributed by atoms with Crippen LogP contribution in [0.4, 0.5) is 0 Å². The molecule has 0 saturated carbocycles. The van der Waals surface area contributed by atoms with E-state index in [9.17, 15) is 0 Å². The summed E-state index contributed by atoms with van der Waals surface area (Å²) in [6.07, 6.45) is 5.64. The van der Waals surface area contributed by atoms with Crippen LogP contribution >= 0.6 is 11.5 Å². The molecule has 1 heterocycles. The molecule has 0 radical (unpaired) electrons. The van der Waals surface area contributed by atoms with Crippen molar-refractivity contribution in [3.63, 3.8) is 0 Å². The quantitative estimate of drug-likeness (QED) is 0.778. The van der Waals surface area contributed by atoms with Gasteiger partial charge in [0, 0.05) is 6.04 Å². The Labute approximate surface area is 96.5 Å². The van der Waals surface area contributed by atoms with E-state index in [1.165, 1.54) is 35.7 Å². The van der Waals surface area contributed by atoms with Gasteiger partial charge in [-0.3, -0.25) is 0 Å². The molecule has 0 saturated heterocycles. The van der Waals surface area contributed by atoms with Crippen LogP contribution in [0.5, 0.6) is 0 Å². The minimum Gasteiger partial charge on any atom is -0.309 e. The zero-order valence-corrected chi connectivity index (χ0v) is 10.7. The number of rotatable bonds is 7. The number of nitrogens with zero attached hydrogens (tertiary/aromatic N) is 2. The Balaban J connectivity index is 2.38. The van der Waals surface area contributed by atoms with Gasteiger partial charge in [0.25, 0.3) is 0 Å². The Morgan fingerprint density at radius 3 is 2.73 bits per heavy atom. The predicted octanol–water partition coefficient (Wildman–Crippen LogP) is 3.02. The summed E-state index contributed by atoms with van der Waals surface area (Å²) in [6.45, 7) is 7.70. The molecule has 1 atom stereocenters. The highest BCUT2D eigenvalue weighted by Gasteiger charge is 2.12. The fourth-order valence-corrected chi connectivity index (χ4v) is 2.26. The fourth-order valence-electron chi connectivity index (χ4n) is 1.65. The first-order valence-corrected chi connectivity index (χ1v) is 6.52. The molecule has 86 valence electrons. The van der Waals surface area contributed by atoms with E-state index in [1.807, 2.05) is 6.20 Å². The van der Waals surface area contributed by atoms with Crippen LogP contribution < -0.4 is 5.32 Å². The summed E-state index contributed by atoms with van der Waals surface area (Å²) in [4.78, 5) is 1.26. The Morgan fingerprint density at radius 1 is 1.40 bits per heavy atom. The van der Waals surface area contributed by atoms with Gasteiger partial charge in [-0.2, -0.15) is 0 Å². The number of aromatic nitrogens is 2. The molecule has 4 heteroatoms. The van der Waals surface area contributed by atoms with Crippen molar-refractivity contribution in [1.82, 2.24) is 14.9 Å². The molecule has 1 N–H and O–H groups in total. The van der Waals surface area contributed by atoms with Crippen molar-refractivity contribution < 1.29 is 0 Å². The van der Waals surface area contributed by atoms with E-state index in [2.05, 4.69) is 35.7 Å². The Hall–Kier alpha value is -0.480. The topological polar surface area (TPSA) is 37.8 Å². The summed E-state index contributed by atoms with van der Waals surface area (Å²) in [6, 6.07) is 0.453. The Bertz CT molecular complexity index is 246. The number of hydrogen-bond acceptors (Lipinski definition) is 4. The highest BCUT2D eigenvalue weighted by atomic mass is 32.1. The van der Waals surface area contributed by atoms with Gasteiger partial charge >= 0.3 is 0 Å². The first-order chi connectivity index (χ1) is 7.24. The maximum absolute atomic E-state index is 3.92. The van der Waals surface area contributed by atoms with Crippen LogP contribution in [0.15, 0.2) is 6.20 Å². The Kier molecular flexibility index (Phi) is 5.79. The molecule has 0 aliphatic heterocycles. The zero-order chi connectivity index (χ0) is 11.1. The van der Waals surface area contributed by atoms with Crippen molar-refractivity contribution in [3.8, 4) is 0 Å². The molecule has 0 aromatic carbocycles. The van der Waals surface area contributed by atoms with Crippen LogP contribution in [0, 0.1) is 5.92 Å². The van der Waals surface area contributed by atoms with Crippen molar-refractivity contribution in [2.45, 2.75) is 46.1 Å². The lowest BCUT2D eigenvalue weighted by Crippen LogP contribution is -2.20. The van der Waals surface area contributed by atoms with Crippen LogP contribution in [-0.2, 0) is 0 Å². The van der Waals surface area contributed by atoms with Gasteiger partial charge in [0.05, 0.1) is 11.1 Å². The van der Waals surface area contributed by atoms with Crippen molar-refractivity contribution in [2.24, 2.45) is 5.92 Å². The Morgan fingerprint density at radius 2 is 2.20 bits per heavy atom. The third-order valence-corrected chi connectivity index (χ3v) is 3.22. The van der Waals surface area contributed by atoms with Crippen LogP contribution in [0.2, 0.25) is 0 Å². The summed E-state index contributed by atoms with van der Waals surface area (Å²) in [7, 11) is 0. The zero-order valence-electron chi connectivity index (χ0n) is 9.86. The maximum Gasteiger partial charge on any atom is 0.0669 e. The average Bonchev–Trinajstić information content (AvgIpc) is 2.68. The average molecular weight is 227 g/mol. The maximum atomic E-state index is 3.92.